The number of hydrogen-bond acceptors (Lipinski definition) is 1. The Balaban J connectivity index is 3.53. The van der Waals surface area contributed by atoms with Crippen LogP contribution >= 0.6 is 15.9 Å². The molecule has 0 spiro atoms. The van der Waals surface area contributed by atoms with Gasteiger partial charge in [0.25, 0.3) is 0 Å². The van der Waals surface area contributed by atoms with Crippen LogP contribution in [0.3, 0.4) is 0 Å². The SMILES string of the molecule is CC(C)(C)CC(=O)NCCBr. The van der Waals surface area contributed by atoms with Crippen LogP contribution in [0.15, 0.2) is 0 Å². The Morgan fingerprint density at radius 1 is 1.45 bits per heavy atom. The van der Waals surface area contributed by atoms with E-state index in [-0.39, 0.29) is 11.3 Å². The molecular formula is C8H16BrNO. The number of halogens is 1. The van der Waals surface area contributed by atoms with Gasteiger partial charge < -0.3 is 5.32 Å². The Kier molecular flexibility index (Phi) is 4.73. The van der Waals surface area contributed by atoms with Gasteiger partial charge in [0, 0.05) is 18.3 Å². The fourth-order valence-electron chi connectivity index (χ4n) is 0.731. The Hall–Kier alpha value is -0.0500. The summed E-state index contributed by atoms with van der Waals surface area (Å²) in [5.74, 6) is 0.136. The monoisotopic (exact) mass is 221 g/mol. The maximum atomic E-state index is 11.1. The van der Waals surface area contributed by atoms with Crippen LogP contribution in [0.2, 0.25) is 0 Å². The smallest absolute Gasteiger partial charge is 0.220 e. The molecule has 0 aromatic heterocycles. The molecule has 0 aliphatic carbocycles. The summed E-state index contributed by atoms with van der Waals surface area (Å²) in [7, 11) is 0. The minimum atomic E-state index is 0.0936. The van der Waals surface area contributed by atoms with E-state index in [9.17, 15) is 4.79 Å². The van der Waals surface area contributed by atoms with E-state index in [4.69, 9.17) is 0 Å². The largest absolute Gasteiger partial charge is 0.355 e. The van der Waals surface area contributed by atoms with Crippen molar-refractivity contribution in [2.75, 3.05) is 11.9 Å². The van der Waals surface area contributed by atoms with E-state index >= 15 is 0 Å². The lowest BCUT2D eigenvalue weighted by molar-refractivity contribution is -0.122. The highest BCUT2D eigenvalue weighted by Crippen LogP contribution is 2.17. The molecule has 66 valence electrons. The first-order valence-corrected chi connectivity index (χ1v) is 4.90. The highest BCUT2D eigenvalue weighted by atomic mass is 79.9. The first-order chi connectivity index (χ1) is 4.95. The molecule has 1 amide bonds. The summed E-state index contributed by atoms with van der Waals surface area (Å²) < 4.78 is 0. The minimum Gasteiger partial charge on any atom is -0.355 e. The minimum absolute atomic E-state index is 0.0936. The summed E-state index contributed by atoms with van der Waals surface area (Å²) in [5.41, 5.74) is 0.0936. The molecule has 0 fully saturated rings. The van der Waals surface area contributed by atoms with E-state index in [1.807, 2.05) is 0 Å². The van der Waals surface area contributed by atoms with E-state index < -0.39 is 0 Å². The Bertz CT molecular complexity index is 129. The van der Waals surface area contributed by atoms with Gasteiger partial charge in [0.1, 0.15) is 0 Å². The van der Waals surface area contributed by atoms with Crippen LogP contribution < -0.4 is 5.32 Å². The maximum Gasteiger partial charge on any atom is 0.220 e. The van der Waals surface area contributed by atoms with Gasteiger partial charge in [-0.2, -0.15) is 0 Å². The van der Waals surface area contributed by atoms with E-state index in [0.717, 1.165) is 11.9 Å². The number of alkyl halides is 1. The number of carbonyl (C=O) groups is 1. The molecule has 0 heterocycles. The van der Waals surface area contributed by atoms with Crippen molar-refractivity contribution in [1.82, 2.24) is 5.32 Å². The molecule has 0 aliphatic rings. The summed E-state index contributed by atoms with van der Waals surface area (Å²) in [4.78, 5) is 11.1. The highest BCUT2D eigenvalue weighted by molar-refractivity contribution is 9.09. The Morgan fingerprint density at radius 2 is 2.00 bits per heavy atom. The second kappa shape index (κ2) is 4.75. The zero-order valence-electron chi connectivity index (χ0n) is 7.41. The molecular weight excluding hydrogens is 206 g/mol. The topological polar surface area (TPSA) is 29.1 Å². The number of rotatable bonds is 3. The summed E-state index contributed by atoms with van der Waals surface area (Å²) >= 11 is 3.24. The average molecular weight is 222 g/mol. The summed E-state index contributed by atoms with van der Waals surface area (Å²) in [6.07, 6.45) is 0.597. The van der Waals surface area contributed by atoms with Crippen molar-refractivity contribution < 1.29 is 4.79 Å². The molecule has 3 heteroatoms. The fraction of sp³-hybridized carbons (Fsp3) is 0.875. The molecule has 0 saturated heterocycles. The predicted octanol–water partition coefficient (Wildman–Crippen LogP) is 1.93. The van der Waals surface area contributed by atoms with E-state index in [1.54, 1.807) is 0 Å². The van der Waals surface area contributed by atoms with Gasteiger partial charge in [-0.1, -0.05) is 36.7 Å². The standard InChI is InChI=1S/C8H16BrNO/c1-8(2,3)6-7(11)10-5-4-9/h4-6H2,1-3H3,(H,10,11). The number of hydrogen-bond donors (Lipinski definition) is 1. The summed E-state index contributed by atoms with van der Waals surface area (Å²) in [6, 6.07) is 0. The van der Waals surface area contributed by atoms with E-state index in [2.05, 4.69) is 42.0 Å². The van der Waals surface area contributed by atoms with Crippen LogP contribution in [0.25, 0.3) is 0 Å². The van der Waals surface area contributed by atoms with Crippen molar-refractivity contribution in [2.24, 2.45) is 5.41 Å². The third kappa shape index (κ3) is 7.85. The van der Waals surface area contributed by atoms with Crippen LogP contribution in [0.4, 0.5) is 0 Å². The molecule has 0 aliphatic heterocycles. The molecule has 0 rings (SSSR count). The Labute approximate surface area is 76.9 Å². The average Bonchev–Trinajstić information content (AvgIpc) is 1.79. The first-order valence-electron chi connectivity index (χ1n) is 3.78. The number of nitrogens with one attached hydrogen (secondary N) is 1. The lowest BCUT2D eigenvalue weighted by atomic mass is 9.92. The molecule has 2 nitrogen and oxygen atoms in total. The van der Waals surface area contributed by atoms with Crippen LogP contribution in [0.1, 0.15) is 27.2 Å². The van der Waals surface area contributed by atoms with Crippen LogP contribution in [-0.2, 0) is 4.79 Å². The van der Waals surface area contributed by atoms with Crippen LogP contribution in [0.5, 0.6) is 0 Å². The Morgan fingerprint density at radius 3 is 2.36 bits per heavy atom. The van der Waals surface area contributed by atoms with Gasteiger partial charge in [0.2, 0.25) is 5.91 Å². The van der Waals surface area contributed by atoms with Crippen molar-refractivity contribution in [1.29, 1.82) is 0 Å². The third-order valence-corrected chi connectivity index (χ3v) is 1.50. The highest BCUT2D eigenvalue weighted by Gasteiger charge is 2.14. The van der Waals surface area contributed by atoms with Gasteiger partial charge >= 0.3 is 0 Å². The first kappa shape index (κ1) is 11.0. The fourth-order valence-corrected chi connectivity index (χ4v) is 0.929. The van der Waals surface area contributed by atoms with Crippen molar-refractivity contribution in [2.45, 2.75) is 27.2 Å². The number of carbonyl (C=O) groups excluding carboxylic acids is 1. The normalized spacial score (nSPS) is 11.3. The molecule has 1 N–H and O–H groups in total. The second-order valence-corrected chi connectivity index (χ2v) is 4.57. The molecule has 0 saturated carbocycles. The van der Waals surface area contributed by atoms with Crippen LogP contribution in [0, 0.1) is 5.41 Å². The molecule has 0 aromatic rings. The van der Waals surface area contributed by atoms with Crippen molar-refractivity contribution >= 4 is 21.8 Å². The molecule has 11 heavy (non-hydrogen) atoms. The predicted molar refractivity (Wildman–Crippen MR) is 50.9 cm³/mol. The lowest BCUT2D eigenvalue weighted by Gasteiger charge is -2.16. The molecule has 0 unspecified atom stereocenters. The van der Waals surface area contributed by atoms with Gasteiger partial charge in [-0.15, -0.1) is 0 Å². The molecule has 0 aromatic carbocycles. The molecule has 0 atom stereocenters. The van der Waals surface area contributed by atoms with Gasteiger partial charge in [-0.25, -0.2) is 0 Å². The van der Waals surface area contributed by atoms with Gasteiger partial charge in [-0.05, 0) is 5.41 Å². The van der Waals surface area contributed by atoms with Crippen LogP contribution in [-0.4, -0.2) is 17.8 Å². The quantitative estimate of drug-likeness (QED) is 0.726. The van der Waals surface area contributed by atoms with E-state index in [1.165, 1.54) is 0 Å². The second-order valence-electron chi connectivity index (χ2n) is 3.78. The lowest BCUT2D eigenvalue weighted by Crippen LogP contribution is -2.28. The molecule has 0 radical (unpaired) electrons. The zero-order valence-corrected chi connectivity index (χ0v) is 8.99. The van der Waals surface area contributed by atoms with Gasteiger partial charge in [-0.3, -0.25) is 4.79 Å². The van der Waals surface area contributed by atoms with Crippen molar-refractivity contribution in [3.8, 4) is 0 Å². The van der Waals surface area contributed by atoms with Gasteiger partial charge in [0.05, 0.1) is 0 Å². The van der Waals surface area contributed by atoms with Crippen molar-refractivity contribution in [3.05, 3.63) is 0 Å². The van der Waals surface area contributed by atoms with Gasteiger partial charge in [0.15, 0.2) is 0 Å². The summed E-state index contributed by atoms with van der Waals surface area (Å²) in [6.45, 7) is 6.89. The van der Waals surface area contributed by atoms with Crippen molar-refractivity contribution in [3.63, 3.8) is 0 Å². The molecule has 0 bridgehead atoms. The number of amides is 1. The zero-order chi connectivity index (χ0) is 8.91. The maximum absolute atomic E-state index is 11.1. The summed E-state index contributed by atoms with van der Waals surface area (Å²) in [5, 5.41) is 3.63. The third-order valence-electron chi connectivity index (χ3n) is 1.11. The van der Waals surface area contributed by atoms with E-state index in [0.29, 0.717) is 6.42 Å².